The number of hydrogen-bond donors (Lipinski definition) is 0. The van der Waals surface area contributed by atoms with Crippen molar-refractivity contribution in [3.05, 3.63) is 77.6 Å². The number of amides is 1. The molecule has 0 aliphatic rings. The Bertz CT molecular complexity index is 1180. The number of aromatic nitrogens is 2. The summed E-state index contributed by atoms with van der Waals surface area (Å²) < 4.78 is 6.15. The van der Waals surface area contributed by atoms with Crippen molar-refractivity contribution in [1.82, 2.24) is 9.97 Å². The van der Waals surface area contributed by atoms with Crippen LogP contribution in [0.5, 0.6) is 5.75 Å². The predicted octanol–water partition coefficient (Wildman–Crippen LogP) is 6.46. The van der Waals surface area contributed by atoms with E-state index in [1.54, 1.807) is 30.0 Å². The second-order valence-corrected chi connectivity index (χ2v) is 9.65. The summed E-state index contributed by atoms with van der Waals surface area (Å²) in [6.45, 7) is 0.388. The van der Waals surface area contributed by atoms with Crippen molar-refractivity contribution in [2.75, 3.05) is 17.8 Å². The summed E-state index contributed by atoms with van der Waals surface area (Å²) in [5, 5.41) is 1.33. The molecule has 0 saturated carbocycles. The number of thioether (sulfide) groups is 1. The van der Waals surface area contributed by atoms with E-state index in [2.05, 4.69) is 9.97 Å². The number of hydrogen-bond acceptors (Lipinski definition) is 6. The molecule has 2 aromatic heterocycles. The van der Waals surface area contributed by atoms with Gasteiger partial charge in [0.2, 0.25) is 5.91 Å². The van der Waals surface area contributed by atoms with Gasteiger partial charge in [-0.2, -0.15) is 0 Å². The molecule has 2 heterocycles. The van der Waals surface area contributed by atoms with E-state index >= 15 is 0 Å². The van der Waals surface area contributed by atoms with Gasteiger partial charge in [0.1, 0.15) is 5.75 Å². The molecular weight excluding hydrogens is 462 g/mol. The van der Waals surface area contributed by atoms with Gasteiger partial charge in [0.15, 0.2) is 5.13 Å². The largest absolute Gasteiger partial charge is 0.497 e. The number of thiazole rings is 1. The van der Waals surface area contributed by atoms with E-state index in [-0.39, 0.29) is 5.91 Å². The van der Waals surface area contributed by atoms with Crippen LogP contribution in [0.25, 0.3) is 10.2 Å². The lowest BCUT2D eigenvalue weighted by molar-refractivity contribution is -0.118. The number of halogens is 1. The zero-order valence-corrected chi connectivity index (χ0v) is 19.9. The number of rotatable bonds is 9. The lowest BCUT2D eigenvalue weighted by Gasteiger charge is -2.19. The summed E-state index contributed by atoms with van der Waals surface area (Å²) in [7, 11) is 1.66. The fourth-order valence-corrected chi connectivity index (χ4v) is 5.25. The molecule has 0 fully saturated rings. The third-order valence-corrected chi connectivity index (χ3v) is 7.16. The fraction of sp³-hybridized carbons (Fsp3) is 0.208. The van der Waals surface area contributed by atoms with Crippen molar-refractivity contribution in [2.45, 2.75) is 24.3 Å². The second-order valence-electron chi connectivity index (χ2n) is 7.04. The summed E-state index contributed by atoms with van der Waals surface area (Å²) in [4.78, 5) is 25.2. The summed E-state index contributed by atoms with van der Waals surface area (Å²) in [6, 6.07) is 19.2. The molecule has 2 aromatic carbocycles. The van der Waals surface area contributed by atoms with Gasteiger partial charge in [-0.15, -0.1) is 11.8 Å². The molecular formula is C24H22ClN3O2S2. The van der Waals surface area contributed by atoms with Crippen LogP contribution in [0.4, 0.5) is 5.13 Å². The van der Waals surface area contributed by atoms with E-state index in [1.165, 1.54) is 11.3 Å². The number of pyridine rings is 1. The Kier molecular flexibility index (Phi) is 7.63. The molecule has 0 atom stereocenters. The molecule has 8 heteroatoms. The van der Waals surface area contributed by atoms with E-state index in [0.717, 1.165) is 38.7 Å². The lowest BCUT2D eigenvalue weighted by atomic mass is 10.2. The minimum atomic E-state index is 0.0381. The van der Waals surface area contributed by atoms with Crippen LogP contribution in [0.15, 0.2) is 71.8 Å². The van der Waals surface area contributed by atoms with Crippen molar-refractivity contribution >= 4 is 56.0 Å². The van der Waals surface area contributed by atoms with Crippen LogP contribution in [0.3, 0.4) is 0 Å². The summed E-state index contributed by atoms with van der Waals surface area (Å²) >= 11 is 9.33. The van der Waals surface area contributed by atoms with E-state index in [4.69, 9.17) is 16.3 Å². The van der Waals surface area contributed by atoms with Crippen molar-refractivity contribution < 1.29 is 9.53 Å². The standard InChI is InChI=1S/C24H22ClN3O2S2/c1-30-19-8-10-20(11-9-19)31-14-4-6-23(29)28(16-18-5-2-3-13-26-18)24-27-21-12-7-17(25)15-22(21)32-24/h2-3,5,7-13,15H,4,6,14,16H2,1H3. The topological polar surface area (TPSA) is 55.3 Å². The van der Waals surface area contributed by atoms with Crippen molar-refractivity contribution in [3.63, 3.8) is 0 Å². The van der Waals surface area contributed by atoms with Gasteiger partial charge in [-0.05, 0) is 66.8 Å². The summed E-state index contributed by atoms with van der Waals surface area (Å²) in [5.41, 5.74) is 1.66. The molecule has 32 heavy (non-hydrogen) atoms. The van der Waals surface area contributed by atoms with Gasteiger partial charge < -0.3 is 4.74 Å². The maximum atomic E-state index is 13.2. The maximum absolute atomic E-state index is 13.2. The fourth-order valence-electron chi connectivity index (χ4n) is 3.14. The maximum Gasteiger partial charge on any atom is 0.229 e. The Morgan fingerprint density at radius 2 is 2.00 bits per heavy atom. The van der Waals surface area contributed by atoms with Crippen molar-refractivity contribution in [3.8, 4) is 5.75 Å². The summed E-state index contributed by atoms with van der Waals surface area (Å²) in [5.74, 6) is 1.73. The Labute approximate surface area is 200 Å². The molecule has 164 valence electrons. The van der Waals surface area contributed by atoms with Crippen molar-refractivity contribution in [2.24, 2.45) is 0 Å². The number of nitrogens with zero attached hydrogens (tertiary/aromatic N) is 3. The van der Waals surface area contributed by atoms with Gasteiger partial charge in [-0.25, -0.2) is 4.98 Å². The minimum absolute atomic E-state index is 0.0381. The number of benzene rings is 2. The quantitative estimate of drug-likeness (QED) is 0.202. The first-order valence-corrected chi connectivity index (χ1v) is 12.3. The van der Waals surface area contributed by atoms with Gasteiger partial charge in [-0.3, -0.25) is 14.7 Å². The van der Waals surface area contributed by atoms with Crippen LogP contribution in [0.1, 0.15) is 18.5 Å². The van der Waals surface area contributed by atoms with Crippen LogP contribution in [0, 0.1) is 0 Å². The normalized spacial score (nSPS) is 10.9. The molecule has 0 aliphatic heterocycles. The first-order chi connectivity index (χ1) is 15.6. The van der Waals surface area contributed by atoms with Gasteiger partial charge in [0.25, 0.3) is 0 Å². The molecule has 4 aromatic rings. The first kappa shape index (κ1) is 22.6. The molecule has 0 saturated heterocycles. The number of anilines is 1. The van der Waals surface area contributed by atoms with Crippen LogP contribution in [0.2, 0.25) is 5.02 Å². The van der Waals surface area contributed by atoms with E-state index in [1.807, 2.05) is 60.7 Å². The Hall–Kier alpha value is -2.61. The Morgan fingerprint density at radius 3 is 2.75 bits per heavy atom. The number of methoxy groups -OCH3 is 1. The molecule has 0 aliphatic carbocycles. The highest BCUT2D eigenvalue weighted by Crippen LogP contribution is 2.32. The van der Waals surface area contributed by atoms with Gasteiger partial charge in [0, 0.05) is 22.5 Å². The van der Waals surface area contributed by atoms with Gasteiger partial charge in [0.05, 0.1) is 29.6 Å². The number of carbonyl (C=O) groups excluding carboxylic acids is 1. The molecule has 0 radical (unpaired) electrons. The SMILES string of the molecule is COc1ccc(SCCCC(=O)N(Cc2ccccn2)c2nc3ccc(Cl)cc3s2)cc1. The highest BCUT2D eigenvalue weighted by atomic mass is 35.5. The average Bonchev–Trinajstić information content (AvgIpc) is 3.24. The molecule has 0 bridgehead atoms. The zero-order valence-electron chi connectivity index (χ0n) is 17.5. The van der Waals surface area contributed by atoms with E-state index in [0.29, 0.717) is 23.1 Å². The number of carbonyl (C=O) groups is 1. The van der Waals surface area contributed by atoms with E-state index < -0.39 is 0 Å². The van der Waals surface area contributed by atoms with Crippen LogP contribution >= 0.6 is 34.7 Å². The second kappa shape index (κ2) is 10.8. The Morgan fingerprint density at radius 1 is 1.16 bits per heavy atom. The molecule has 0 N–H and O–H groups in total. The number of ether oxygens (including phenoxy) is 1. The van der Waals surface area contributed by atoms with Crippen LogP contribution < -0.4 is 9.64 Å². The zero-order chi connectivity index (χ0) is 22.3. The third kappa shape index (κ3) is 5.79. The highest BCUT2D eigenvalue weighted by molar-refractivity contribution is 7.99. The van der Waals surface area contributed by atoms with Gasteiger partial charge in [-0.1, -0.05) is 29.0 Å². The van der Waals surface area contributed by atoms with Crippen molar-refractivity contribution in [1.29, 1.82) is 0 Å². The molecule has 5 nitrogen and oxygen atoms in total. The molecule has 0 unspecified atom stereocenters. The molecule has 0 spiro atoms. The van der Waals surface area contributed by atoms with E-state index in [9.17, 15) is 4.79 Å². The highest BCUT2D eigenvalue weighted by Gasteiger charge is 2.20. The van der Waals surface area contributed by atoms with Crippen LogP contribution in [-0.4, -0.2) is 28.7 Å². The average molecular weight is 484 g/mol. The van der Waals surface area contributed by atoms with Crippen LogP contribution in [-0.2, 0) is 11.3 Å². The summed E-state index contributed by atoms with van der Waals surface area (Å²) in [6.07, 6.45) is 2.94. The first-order valence-electron chi connectivity index (χ1n) is 10.2. The third-order valence-electron chi connectivity index (χ3n) is 4.78. The predicted molar refractivity (Wildman–Crippen MR) is 133 cm³/mol. The lowest BCUT2D eigenvalue weighted by Crippen LogP contribution is -2.30. The number of fused-ring (bicyclic) bond motifs is 1. The monoisotopic (exact) mass is 483 g/mol. The van der Waals surface area contributed by atoms with Gasteiger partial charge >= 0.3 is 0 Å². The Balaban J connectivity index is 1.44. The smallest absolute Gasteiger partial charge is 0.229 e. The molecule has 4 rings (SSSR count). The molecule has 1 amide bonds. The minimum Gasteiger partial charge on any atom is -0.497 e.